The highest BCUT2D eigenvalue weighted by Gasteiger charge is 2.10. The largest absolute Gasteiger partial charge is 0.493 e. The molecule has 0 spiro atoms. The molecular weight excluding hydrogens is 307 g/mol. The van der Waals surface area contributed by atoms with Gasteiger partial charge >= 0.3 is 0 Å². The van der Waals surface area contributed by atoms with E-state index in [-0.39, 0.29) is 6.54 Å². The Balaban J connectivity index is 1.88. The van der Waals surface area contributed by atoms with Gasteiger partial charge in [0.25, 0.3) is 0 Å². The Morgan fingerprint density at radius 3 is 2.13 bits per heavy atom. The molecular formula is C17H18F3NO2. The van der Waals surface area contributed by atoms with E-state index in [1.165, 1.54) is 0 Å². The Kier molecular flexibility index (Phi) is 5.87. The lowest BCUT2D eigenvalue weighted by Gasteiger charge is -2.10. The minimum atomic E-state index is -1.45. The van der Waals surface area contributed by atoms with Gasteiger partial charge in [-0.2, -0.15) is 0 Å². The number of benzene rings is 2. The van der Waals surface area contributed by atoms with Crippen molar-refractivity contribution < 1.29 is 22.6 Å². The van der Waals surface area contributed by atoms with Crippen LogP contribution in [-0.2, 0) is 13.0 Å². The van der Waals surface area contributed by atoms with E-state index in [1.807, 2.05) is 18.2 Å². The van der Waals surface area contributed by atoms with Gasteiger partial charge in [-0.05, 0) is 48.4 Å². The fourth-order valence-electron chi connectivity index (χ4n) is 2.21. The van der Waals surface area contributed by atoms with Crippen molar-refractivity contribution in [3.05, 3.63) is 58.9 Å². The lowest BCUT2D eigenvalue weighted by molar-refractivity contribution is 0.354. The summed E-state index contributed by atoms with van der Waals surface area (Å²) in [5.74, 6) is -2.50. The third kappa shape index (κ3) is 4.39. The average molecular weight is 325 g/mol. The molecule has 0 aliphatic heterocycles. The van der Waals surface area contributed by atoms with Crippen LogP contribution in [0.3, 0.4) is 0 Å². The molecule has 0 aliphatic rings. The summed E-state index contributed by atoms with van der Waals surface area (Å²) in [6.07, 6.45) is 0.701. The second kappa shape index (κ2) is 7.87. The van der Waals surface area contributed by atoms with Gasteiger partial charge in [-0.3, -0.25) is 0 Å². The molecule has 0 saturated heterocycles. The summed E-state index contributed by atoms with van der Waals surface area (Å²) in [6, 6.07) is 7.58. The van der Waals surface area contributed by atoms with Crippen LogP contribution in [0.25, 0.3) is 0 Å². The van der Waals surface area contributed by atoms with Crippen LogP contribution in [0.15, 0.2) is 30.3 Å². The van der Waals surface area contributed by atoms with E-state index in [9.17, 15) is 13.2 Å². The summed E-state index contributed by atoms with van der Waals surface area (Å²) in [7, 11) is 3.14. The number of nitrogens with one attached hydrogen (secondary N) is 1. The maximum Gasteiger partial charge on any atom is 0.194 e. The van der Waals surface area contributed by atoms with Crippen LogP contribution >= 0.6 is 0 Å². The van der Waals surface area contributed by atoms with Crippen molar-refractivity contribution in [2.75, 3.05) is 20.8 Å². The molecule has 0 aliphatic carbocycles. The quantitative estimate of drug-likeness (QED) is 0.625. The lowest BCUT2D eigenvalue weighted by Crippen LogP contribution is -2.17. The lowest BCUT2D eigenvalue weighted by atomic mass is 10.1. The summed E-state index contributed by atoms with van der Waals surface area (Å²) in [6.45, 7) is 0.845. The molecule has 2 aromatic carbocycles. The van der Waals surface area contributed by atoms with Gasteiger partial charge in [0, 0.05) is 6.54 Å². The monoisotopic (exact) mass is 325 g/mol. The van der Waals surface area contributed by atoms with Gasteiger partial charge < -0.3 is 14.8 Å². The fraction of sp³-hybridized carbons (Fsp3) is 0.294. The number of halogens is 3. The third-order valence-electron chi connectivity index (χ3n) is 3.41. The van der Waals surface area contributed by atoms with Gasteiger partial charge in [0.05, 0.1) is 14.2 Å². The van der Waals surface area contributed by atoms with Crippen LogP contribution in [0.4, 0.5) is 13.2 Å². The summed E-state index contributed by atoms with van der Waals surface area (Å²) in [5.41, 5.74) is 1.39. The van der Waals surface area contributed by atoms with Crippen molar-refractivity contribution in [3.8, 4) is 11.5 Å². The molecule has 2 rings (SSSR count). The van der Waals surface area contributed by atoms with Crippen LogP contribution in [0.1, 0.15) is 11.1 Å². The first kappa shape index (κ1) is 17.1. The van der Waals surface area contributed by atoms with Crippen molar-refractivity contribution >= 4 is 0 Å². The van der Waals surface area contributed by atoms with E-state index in [0.717, 1.165) is 17.7 Å². The highest BCUT2D eigenvalue weighted by molar-refractivity contribution is 5.42. The van der Waals surface area contributed by atoms with Crippen molar-refractivity contribution in [1.29, 1.82) is 0 Å². The molecule has 1 N–H and O–H groups in total. The highest BCUT2D eigenvalue weighted by atomic mass is 19.2. The third-order valence-corrected chi connectivity index (χ3v) is 3.41. The highest BCUT2D eigenvalue weighted by Crippen LogP contribution is 2.27. The Bertz CT molecular complexity index is 654. The molecule has 0 fully saturated rings. The van der Waals surface area contributed by atoms with Crippen molar-refractivity contribution in [2.24, 2.45) is 0 Å². The fourth-order valence-corrected chi connectivity index (χ4v) is 2.21. The molecule has 2 aromatic rings. The van der Waals surface area contributed by atoms with Crippen LogP contribution in [-0.4, -0.2) is 20.8 Å². The molecule has 124 valence electrons. The van der Waals surface area contributed by atoms with Crippen molar-refractivity contribution in [3.63, 3.8) is 0 Å². The zero-order valence-corrected chi connectivity index (χ0v) is 13.0. The van der Waals surface area contributed by atoms with Crippen molar-refractivity contribution in [1.82, 2.24) is 5.32 Å². The van der Waals surface area contributed by atoms with Crippen LogP contribution in [0.2, 0.25) is 0 Å². The Labute approximate surface area is 133 Å². The van der Waals surface area contributed by atoms with Gasteiger partial charge in [0.15, 0.2) is 29.0 Å². The summed E-state index contributed by atoms with van der Waals surface area (Å²) < 4.78 is 49.5. The molecule has 0 bridgehead atoms. The van der Waals surface area contributed by atoms with Crippen molar-refractivity contribution in [2.45, 2.75) is 13.0 Å². The molecule has 0 saturated carbocycles. The van der Waals surface area contributed by atoms with Gasteiger partial charge in [-0.25, -0.2) is 13.2 Å². The number of hydrogen-bond donors (Lipinski definition) is 1. The summed E-state index contributed by atoms with van der Waals surface area (Å²) >= 11 is 0. The van der Waals surface area contributed by atoms with Gasteiger partial charge in [0.1, 0.15) is 0 Å². The summed E-state index contributed by atoms with van der Waals surface area (Å²) in [4.78, 5) is 0. The minimum absolute atomic E-state index is 0.251. The number of hydrogen-bond acceptors (Lipinski definition) is 3. The maximum absolute atomic E-state index is 13.1. The predicted octanol–water partition coefficient (Wildman–Crippen LogP) is 3.45. The minimum Gasteiger partial charge on any atom is -0.493 e. The maximum atomic E-state index is 13.1. The molecule has 0 aromatic heterocycles. The topological polar surface area (TPSA) is 30.5 Å². The van der Waals surface area contributed by atoms with Gasteiger partial charge in [0.2, 0.25) is 0 Å². The van der Waals surface area contributed by atoms with E-state index in [4.69, 9.17) is 9.47 Å². The standard InChI is InChI=1S/C17H18F3NO2/c1-22-15-4-3-11(9-16(15)23-2)5-6-21-10-12-7-13(18)17(20)14(19)8-12/h3-4,7-9,21H,5-6,10H2,1-2H3. The van der Waals surface area contributed by atoms with E-state index in [1.54, 1.807) is 14.2 Å². The van der Waals surface area contributed by atoms with E-state index < -0.39 is 17.5 Å². The molecule has 0 heterocycles. The molecule has 6 heteroatoms. The average Bonchev–Trinajstić information content (AvgIpc) is 2.56. The zero-order chi connectivity index (χ0) is 16.8. The SMILES string of the molecule is COc1ccc(CCNCc2cc(F)c(F)c(F)c2)cc1OC. The Morgan fingerprint density at radius 2 is 1.52 bits per heavy atom. The Morgan fingerprint density at radius 1 is 0.870 bits per heavy atom. The molecule has 0 atom stereocenters. The summed E-state index contributed by atoms with van der Waals surface area (Å²) in [5, 5.41) is 3.06. The van der Waals surface area contributed by atoms with Crippen LogP contribution in [0.5, 0.6) is 11.5 Å². The van der Waals surface area contributed by atoms with Gasteiger partial charge in [-0.1, -0.05) is 6.07 Å². The second-order valence-electron chi connectivity index (χ2n) is 4.99. The van der Waals surface area contributed by atoms with Crippen LogP contribution in [0, 0.1) is 17.5 Å². The number of ether oxygens (including phenoxy) is 2. The second-order valence-corrected chi connectivity index (χ2v) is 4.99. The normalized spacial score (nSPS) is 10.7. The van der Waals surface area contributed by atoms with Crippen LogP contribution < -0.4 is 14.8 Å². The number of methoxy groups -OCH3 is 2. The molecule has 3 nitrogen and oxygen atoms in total. The first-order valence-electron chi connectivity index (χ1n) is 7.10. The smallest absolute Gasteiger partial charge is 0.194 e. The molecule has 0 amide bonds. The predicted molar refractivity (Wildman–Crippen MR) is 81.3 cm³/mol. The first-order chi connectivity index (χ1) is 11.0. The molecule has 23 heavy (non-hydrogen) atoms. The zero-order valence-electron chi connectivity index (χ0n) is 13.0. The van der Waals surface area contributed by atoms with E-state index >= 15 is 0 Å². The first-order valence-corrected chi connectivity index (χ1v) is 7.10. The number of rotatable bonds is 7. The van der Waals surface area contributed by atoms with E-state index in [2.05, 4.69) is 5.32 Å². The Hall–Kier alpha value is -2.21. The van der Waals surface area contributed by atoms with E-state index in [0.29, 0.717) is 30.0 Å². The van der Waals surface area contributed by atoms with Gasteiger partial charge in [-0.15, -0.1) is 0 Å². The molecule has 0 radical (unpaired) electrons. The molecule has 0 unspecified atom stereocenters.